The van der Waals surface area contributed by atoms with Crippen molar-refractivity contribution in [3.63, 3.8) is 0 Å². The molecule has 0 unspecified atom stereocenters. The van der Waals surface area contributed by atoms with Gasteiger partial charge < -0.3 is 4.74 Å². The highest BCUT2D eigenvalue weighted by molar-refractivity contribution is 5.29. The van der Waals surface area contributed by atoms with Crippen molar-refractivity contribution in [2.75, 3.05) is 6.61 Å². The Labute approximate surface area is 74.4 Å². The van der Waals surface area contributed by atoms with Gasteiger partial charge in [-0.25, -0.2) is 8.78 Å². The molecule has 0 fully saturated rings. The van der Waals surface area contributed by atoms with E-state index in [4.69, 9.17) is 10.00 Å². The summed E-state index contributed by atoms with van der Waals surface area (Å²) in [5, 5.41) is 8.16. The summed E-state index contributed by atoms with van der Waals surface area (Å²) >= 11 is 0. The zero-order chi connectivity index (χ0) is 9.84. The lowest BCUT2D eigenvalue weighted by atomic mass is 10.2. The maximum absolute atomic E-state index is 12.9. The van der Waals surface area contributed by atoms with Gasteiger partial charge in [0.1, 0.15) is 23.5 Å². The van der Waals surface area contributed by atoms with E-state index < -0.39 is 11.6 Å². The third kappa shape index (κ3) is 2.15. The van der Waals surface area contributed by atoms with Crippen LogP contribution in [0, 0.1) is 29.9 Å². The predicted octanol–water partition coefficient (Wildman–Crippen LogP) is 2.18. The predicted molar refractivity (Wildman–Crippen MR) is 42.2 cm³/mol. The standard InChI is InChI=1S/C9H7F2NO/c1-6-8(10)4-7(5-9(6)11)13-3-2-12/h4-5H,3H2,1H3. The molecule has 0 heterocycles. The van der Waals surface area contributed by atoms with Crippen LogP contribution in [0.15, 0.2) is 12.1 Å². The van der Waals surface area contributed by atoms with Crippen LogP contribution in [0.5, 0.6) is 5.75 Å². The number of nitrogens with zero attached hydrogens (tertiary/aromatic N) is 1. The second kappa shape index (κ2) is 3.85. The molecular weight excluding hydrogens is 176 g/mol. The zero-order valence-electron chi connectivity index (χ0n) is 6.97. The van der Waals surface area contributed by atoms with Crippen molar-refractivity contribution in [3.05, 3.63) is 29.3 Å². The number of nitriles is 1. The first-order valence-corrected chi connectivity index (χ1v) is 3.60. The van der Waals surface area contributed by atoms with Crippen molar-refractivity contribution >= 4 is 0 Å². The van der Waals surface area contributed by atoms with Crippen LogP contribution >= 0.6 is 0 Å². The molecule has 0 spiro atoms. The molecule has 1 aromatic carbocycles. The topological polar surface area (TPSA) is 33.0 Å². The van der Waals surface area contributed by atoms with E-state index in [-0.39, 0.29) is 17.9 Å². The summed E-state index contributed by atoms with van der Waals surface area (Å²) in [5.74, 6) is -1.32. The van der Waals surface area contributed by atoms with Crippen LogP contribution in [0.1, 0.15) is 5.56 Å². The van der Waals surface area contributed by atoms with Gasteiger partial charge in [0, 0.05) is 17.7 Å². The lowest BCUT2D eigenvalue weighted by molar-refractivity contribution is 0.362. The maximum atomic E-state index is 12.9. The lowest BCUT2D eigenvalue weighted by Gasteiger charge is -2.03. The van der Waals surface area contributed by atoms with E-state index in [1.165, 1.54) is 6.92 Å². The second-order valence-electron chi connectivity index (χ2n) is 2.46. The van der Waals surface area contributed by atoms with E-state index in [0.29, 0.717) is 0 Å². The first-order chi connectivity index (χ1) is 6.15. The van der Waals surface area contributed by atoms with Gasteiger partial charge in [-0.3, -0.25) is 0 Å². The fourth-order valence-corrected chi connectivity index (χ4v) is 0.821. The van der Waals surface area contributed by atoms with Crippen LogP contribution in [0.25, 0.3) is 0 Å². The molecule has 4 heteroatoms. The van der Waals surface area contributed by atoms with Crippen LogP contribution in [0.3, 0.4) is 0 Å². The summed E-state index contributed by atoms with van der Waals surface area (Å²) in [5.41, 5.74) is -0.0516. The highest BCUT2D eigenvalue weighted by atomic mass is 19.1. The van der Waals surface area contributed by atoms with Crippen molar-refractivity contribution in [3.8, 4) is 11.8 Å². The monoisotopic (exact) mass is 183 g/mol. The van der Waals surface area contributed by atoms with Gasteiger partial charge in [-0.2, -0.15) is 5.26 Å². The molecule has 1 rings (SSSR count). The van der Waals surface area contributed by atoms with Gasteiger partial charge in [-0.05, 0) is 6.92 Å². The average molecular weight is 183 g/mol. The van der Waals surface area contributed by atoms with Gasteiger partial charge in [0.15, 0.2) is 6.61 Å². The Hall–Kier alpha value is -1.63. The molecule has 1 aromatic rings. The number of benzene rings is 1. The van der Waals surface area contributed by atoms with E-state index in [0.717, 1.165) is 12.1 Å². The molecule has 0 saturated heterocycles. The molecule has 0 aliphatic rings. The van der Waals surface area contributed by atoms with Gasteiger partial charge in [0.2, 0.25) is 0 Å². The number of hydrogen-bond acceptors (Lipinski definition) is 2. The quantitative estimate of drug-likeness (QED) is 0.703. The minimum absolute atomic E-state index is 0.0298. The van der Waals surface area contributed by atoms with Crippen LogP contribution in [0.4, 0.5) is 8.78 Å². The van der Waals surface area contributed by atoms with E-state index >= 15 is 0 Å². The minimum atomic E-state index is -0.673. The third-order valence-corrected chi connectivity index (χ3v) is 1.56. The number of halogens is 2. The lowest BCUT2D eigenvalue weighted by Crippen LogP contribution is -1.96. The van der Waals surface area contributed by atoms with Crippen molar-refractivity contribution in [2.45, 2.75) is 6.92 Å². The summed E-state index contributed by atoms with van der Waals surface area (Å²) < 4.78 is 30.5. The molecule has 68 valence electrons. The Bertz CT molecular complexity index is 334. The number of ether oxygens (including phenoxy) is 1. The van der Waals surface area contributed by atoms with E-state index in [2.05, 4.69) is 0 Å². The Morgan fingerprint density at radius 1 is 1.38 bits per heavy atom. The van der Waals surface area contributed by atoms with Crippen molar-refractivity contribution < 1.29 is 13.5 Å². The molecule has 0 aliphatic carbocycles. The fourth-order valence-electron chi connectivity index (χ4n) is 0.821. The second-order valence-corrected chi connectivity index (χ2v) is 2.46. The van der Waals surface area contributed by atoms with Crippen LogP contribution in [-0.2, 0) is 0 Å². The summed E-state index contributed by atoms with van der Waals surface area (Å²) in [6.07, 6.45) is 0. The smallest absolute Gasteiger partial charge is 0.174 e. The molecule has 0 aromatic heterocycles. The van der Waals surface area contributed by atoms with Crippen LogP contribution in [0.2, 0.25) is 0 Å². The third-order valence-electron chi connectivity index (χ3n) is 1.56. The van der Waals surface area contributed by atoms with Gasteiger partial charge in [0.25, 0.3) is 0 Å². The maximum Gasteiger partial charge on any atom is 0.174 e. The number of rotatable bonds is 2. The highest BCUT2D eigenvalue weighted by Gasteiger charge is 2.06. The Kier molecular flexibility index (Phi) is 2.80. The molecule has 13 heavy (non-hydrogen) atoms. The molecular formula is C9H7F2NO. The molecule has 0 bridgehead atoms. The molecule has 0 saturated carbocycles. The van der Waals surface area contributed by atoms with Crippen molar-refractivity contribution in [2.24, 2.45) is 0 Å². The van der Waals surface area contributed by atoms with Crippen LogP contribution < -0.4 is 4.74 Å². The van der Waals surface area contributed by atoms with Gasteiger partial charge in [0.05, 0.1) is 0 Å². The molecule has 0 amide bonds. The normalized spacial score (nSPS) is 9.38. The summed E-state index contributed by atoms with van der Waals surface area (Å²) in [7, 11) is 0. The van der Waals surface area contributed by atoms with Crippen molar-refractivity contribution in [1.82, 2.24) is 0 Å². The first-order valence-electron chi connectivity index (χ1n) is 3.60. The molecule has 2 nitrogen and oxygen atoms in total. The zero-order valence-corrected chi connectivity index (χ0v) is 6.97. The summed E-state index contributed by atoms with van der Waals surface area (Å²) in [6, 6.07) is 3.81. The molecule has 0 atom stereocenters. The van der Waals surface area contributed by atoms with E-state index in [9.17, 15) is 8.78 Å². The SMILES string of the molecule is Cc1c(F)cc(OCC#N)cc1F. The van der Waals surface area contributed by atoms with E-state index in [1.54, 1.807) is 6.07 Å². The molecule has 0 aliphatic heterocycles. The molecule has 0 radical (unpaired) electrons. The Morgan fingerprint density at radius 3 is 2.38 bits per heavy atom. The molecule has 0 N–H and O–H groups in total. The van der Waals surface area contributed by atoms with Gasteiger partial charge in [-0.1, -0.05) is 0 Å². The Morgan fingerprint density at radius 2 is 1.92 bits per heavy atom. The minimum Gasteiger partial charge on any atom is -0.479 e. The largest absolute Gasteiger partial charge is 0.479 e. The van der Waals surface area contributed by atoms with Crippen molar-refractivity contribution in [1.29, 1.82) is 5.26 Å². The fraction of sp³-hybridized carbons (Fsp3) is 0.222. The van der Waals surface area contributed by atoms with E-state index in [1.807, 2.05) is 0 Å². The van der Waals surface area contributed by atoms with Gasteiger partial charge in [-0.15, -0.1) is 0 Å². The van der Waals surface area contributed by atoms with Gasteiger partial charge >= 0.3 is 0 Å². The number of hydrogen-bond donors (Lipinski definition) is 0. The highest BCUT2D eigenvalue weighted by Crippen LogP contribution is 2.19. The summed E-state index contributed by atoms with van der Waals surface area (Å²) in [4.78, 5) is 0. The Balaban J connectivity index is 2.94. The average Bonchev–Trinajstić information content (AvgIpc) is 2.10. The summed E-state index contributed by atoms with van der Waals surface area (Å²) in [6.45, 7) is 1.11. The first kappa shape index (κ1) is 9.46. The van der Waals surface area contributed by atoms with Crippen LogP contribution in [-0.4, -0.2) is 6.61 Å².